The SMILES string of the molecule is c1ccc2c(-c3c4ccccc4c(-c4ccc5c(c4)-c4c6ccccc6cc6ccc[n+]-5c46)c4ccccc34)cccc2c1. The largest absolute Gasteiger partial charge is 0.227 e. The van der Waals surface area contributed by atoms with Gasteiger partial charge in [0, 0.05) is 17.5 Å². The number of benzene rings is 8. The molecule has 0 saturated heterocycles. The highest BCUT2D eigenvalue weighted by Crippen LogP contribution is 2.47. The number of fused-ring (bicyclic) bond motifs is 8. The van der Waals surface area contributed by atoms with Crippen molar-refractivity contribution < 1.29 is 4.57 Å². The molecule has 9 aromatic rings. The Morgan fingerprint density at radius 1 is 0.341 bits per heavy atom. The molecule has 0 atom stereocenters. The molecule has 1 aromatic heterocycles. The molecule has 1 heteroatoms. The fourth-order valence-corrected chi connectivity index (χ4v) is 7.80. The fraction of sp³-hybridized carbons (Fsp3) is 0. The van der Waals surface area contributed by atoms with Crippen LogP contribution in [0.4, 0.5) is 0 Å². The second-order valence-electron chi connectivity index (χ2n) is 11.9. The zero-order valence-electron chi connectivity index (χ0n) is 24.0. The van der Waals surface area contributed by atoms with Crippen LogP contribution >= 0.6 is 0 Å². The Morgan fingerprint density at radius 2 is 0.932 bits per heavy atom. The van der Waals surface area contributed by atoms with Crippen molar-refractivity contribution in [1.82, 2.24) is 0 Å². The Hall–Kier alpha value is -5.79. The van der Waals surface area contributed by atoms with Crippen LogP contribution in [0.5, 0.6) is 0 Å². The van der Waals surface area contributed by atoms with Crippen molar-refractivity contribution in [2.24, 2.45) is 0 Å². The normalized spacial score (nSPS) is 12.1. The highest BCUT2D eigenvalue weighted by atomic mass is 15.0. The molecule has 0 saturated carbocycles. The molecule has 0 bridgehead atoms. The maximum atomic E-state index is 2.44. The lowest BCUT2D eigenvalue weighted by Gasteiger charge is -2.19. The highest BCUT2D eigenvalue weighted by molar-refractivity contribution is 6.24. The van der Waals surface area contributed by atoms with Crippen molar-refractivity contribution in [3.8, 4) is 39.1 Å². The second-order valence-corrected chi connectivity index (χ2v) is 11.9. The smallest absolute Gasteiger partial charge is 0.159 e. The summed E-state index contributed by atoms with van der Waals surface area (Å²) >= 11 is 0. The van der Waals surface area contributed by atoms with Gasteiger partial charge in [-0.1, -0.05) is 115 Å². The highest BCUT2D eigenvalue weighted by Gasteiger charge is 2.32. The standard InChI is InChI=1S/C43H26N/c1-3-15-31-27(11-1)13-9-21-33(31)41-36-19-7-5-17-34(36)40(35-18-6-8-20-37(35)41)29-22-23-39-38(26-29)42-32-16-4-2-12-28(32)25-30-14-10-24-44(39)43(30)42/h1-26H/q+1. The molecule has 8 aromatic carbocycles. The molecule has 0 fully saturated rings. The molecule has 1 aliphatic heterocycles. The van der Waals surface area contributed by atoms with Crippen molar-refractivity contribution in [3.63, 3.8) is 0 Å². The zero-order valence-corrected chi connectivity index (χ0v) is 24.0. The summed E-state index contributed by atoms with van der Waals surface area (Å²) in [4.78, 5) is 0. The van der Waals surface area contributed by atoms with E-state index >= 15 is 0 Å². The third-order valence-electron chi connectivity index (χ3n) is 9.61. The zero-order chi connectivity index (χ0) is 28.8. The Bertz CT molecular complexity index is 2600. The molecule has 1 nitrogen and oxygen atoms in total. The van der Waals surface area contributed by atoms with E-state index in [0.717, 1.165) is 0 Å². The number of rotatable bonds is 2. The molecular formula is C43H26N+. The third-order valence-corrected chi connectivity index (χ3v) is 9.61. The number of hydrogen-bond acceptors (Lipinski definition) is 0. The maximum absolute atomic E-state index is 2.44. The third kappa shape index (κ3) is 3.16. The Balaban J connectivity index is 1.32. The molecule has 0 N–H and O–H groups in total. The quantitative estimate of drug-likeness (QED) is 0.147. The van der Waals surface area contributed by atoms with Crippen LogP contribution in [0.15, 0.2) is 158 Å². The van der Waals surface area contributed by atoms with Gasteiger partial charge in [0.25, 0.3) is 0 Å². The van der Waals surface area contributed by atoms with Crippen molar-refractivity contribution in [3.05, 3.63) is 158 Å². The van der Waals surface area contributed by atoms with E-state index < -0.39 is 0 Å². The summed E-state index contributed by atoms with van der Waals surface area (Å²) in [6.45, 7) is 0. The molecule has 2 heterocycles. The van der Waals surface area contributed by atoms with E-state index in [1.54, 1.807) is 0 Å². The Kier molecular flexibility index (Phi) is 4.78. The van der Waals surface area contributed by atoms with Gasteiger partial charge in [0.05, 0.1) is 11.1 Å². The van der Waals surface area contributed by atoms with Gasteiger partial charge >= 0.3 is 0 Å². The molecule has 44 heavy (non-hydrogen) atoms. The van der Waals surface area contributed by atoms with Gasteiger partial charge in [0.2, 0.25) is 11.2 Å². The van der Waals surface area contributed by atoms with Gasteiger partial charge < -0.3 is 0 Å². The van der Waals surface area contributed by atoms with E-state index in [1.165, 1.54) is 93.1 Å². The average Bonchev–Trinajstić information content (AvgIpc) is 3.42. The van der Waals surface area contributed by atoms with E-state index in [1.807, 2.05) is 0 Å². The fourth-order valence-electron chi connectivity index (χ4n) is 7.80. The van der Waals surface area contributed by atoms with Gasteiger partial charge in [-0.2, -0.15) is 4.57 Å². The summed E-state index contributed by atoms with van der Waals surface area (Å²) in [6.07, 6.45) is 2.20. The molecule has 0 aliphatic carbocycles. The van der Waals surface area contributed by atoms with Crippen LogP contribution in [0.3, 0.4) is 0 Å². The summed E-state index contributed by atoms with van der Waals surface area (Å²) in [5.41, 5.74) is 10.3. The summed E-state index contributed by atoms with van der Waals surface area (Å²) < 4.78 is 2.37. The van der Waals surface area contributed by atoms with Gasteiger partial charge in [0.1, 0.15) is 0 Å². The Labute approximate surface area is 254 Å². The average molecular weight is 557 g/mol. The van der Waals surface area contributed by atoms with Crippen LogP contribution in [-0.4, -0.2) is 0 Å². The predicted molar refractivity (Wildman–Crippen MR) is 185 cm³/mol. The summed E-state index contributed by atoms with van der Waals surface area (Å²) in [5, 5.41) is 11.5. The van der Waals surface area contributed by atoms with E-state index in [9.17, 15) is 0 Å². The second kappa shape index (κ2) is 8.86. The molecule has 0 radical (unpaired) electrons. The van der Waals surface area contributed by atoms with Crippen LogP contribution in [-0.2, 0) is 0 Å². The molecule has 0 unspecified atom stereocenters. The number of hydrogen-bond donors (Lipinski definition) is 0. The van der Waals surface area contributed by atoms with Gasteiger partial charge in [-0.15, -0.1) is 0 Å². The maximum Gasteiger partial charge on any atom is 0.227 e. The first-order valence-corrected chi connectivity index (χ1v) is 15.3. The molecule has 202 valence electrons. The first kappa shape index (κ1) is 23.7. The summed E-state index contributed by atoms with van der Waals surface area (Å²) in [7, 11) is 0. The van der Waals surface area contributed by atoms with Crippen molar-refractivity contribution >= 4 is 54.0 Å². The van der Waals surface area contributed by atoms with Gasteiger partial charge in [0.15, 0.2) is 6.20 Å². The van der Waals surface area contributed by atoms with Crippen molar-refractivity contribution in [2.45, 2.75) is 0 Å². The van der Waals surface area contributed by atoms with Crippen LogP contribution in [0.1, 0.15) is 0 Å². The molecular weight excluding hydrogens is 530 g/mol. The van der Waals surface area contributed by atoms with Crippen LogP contribution in [0.25, 0.3) is 93.1 Å². The minimum Gasteiger partial charge on any atom is -0.159 e. The Morgan fingerprint density at radius 3 is 1.68 bits per heavy atom. The number of nitrogens with zero attached hydrogens (tertiary/aromatic N) is 1. The lowest BCUT2D eigenvalue weighted by molar-refractivity contribution is -0.563. The molecule has 10 rings (SSSR count). The summed E-state index contributed by atoms with van der Waals surface area (Å²) in [6, 6.07) is 56.0. The number of pyridine rings is 1. The van der Waals surface area contributed by atoms with Crippen molar-refractivity contribution in [2.75, 3.05) is 0 Å². The van der Waals surface area contributed by atoms with Crippen LogP contribution in [0, 0.1) is 0 Å². The van der Waals surface area contributed by atoms with Crippen LogP contribution in [0.2, 0.25) is 0 Å². The van der Waals surface area contributed by atoms with Gasteiger partial charge in [-0.3, -0.25) is 0 Å². The molecule has 0 amide bonds. The predicted octanol–water partition coefficient (Wildman–Crippen LogP) is 11.0. The first-order valence-electron chi connectivity index (χ1n) is 15.3. The minimum atomic E-state index is 1.24. The van der Waals surface area contributed by atoms with Crippen molar-refractivity contribution in [1.29, 1.82) is 0 Å². The summed E-state index contributed by atoms with van der Waals surface area (Å²) in [5.74, 6) is 0. The minimum absolute atomic E-state index is 1.24. The number of aromatic nitrogens is 1. The lowest BCUT2D eigenvalue weighted by atomic mass is 9.84. The lowest BCUT2D eigenvalue weighted by Crippen LogP contribution is -2.28. The van der Waals surface area contributed by atoms with Gasteiger partial charge in [-0.05, 0) is 89.6 Å². The molecule has 1 aliphatic rings. The van der Waals surface area contributed by atoms with E-state index in [0.29, 0.717) is 0 Å². The van der Waals surface area contributed by atoms with Gasteiger partial charge in [-0.25, -0.2) is 0 Å². The first-order chi connectivity index (χ1) is 21.8. The monoisotopic (exact) mass is 556 g/mol. The van der Waals surface area contributed by atoms with E-state index in [2.05, 4.69) is 162 Å². The van der Waals surface area contributed by atoms with Crippen LogP contribution < -0.4 is 4.57 Å². The van der Waals surface area contributed by atoms with E-state index in [-0.39, 0.29) is 0 Å². The topological polar surface area (TPSA) is 3.88 Å². The van der Waals surface area contributed by atoms with E-state index in [4.69, 9.17) is 0 Å². The molecule has 0 spiro atoms.